The number of carbonyl (C=O) groups excluding carboxylic acids is 1. The third kappa shape index (κ3) is 7.51. The molecule has 216 valence electrons. The van der Waals surface area contributed by atoms with Crippen molar-refractivity contribution in [2.24, 2.45) is 0 Å². The van der Waals surface area contributed by atoms with E-state index in [0.717, 1.165) is 41.6 Å². The summed E-state index contributed by atoms with van der Waals surface area (Å²) in [5.41, 5.74) is 4.99. The molecule has 2 atom stereocenters. The number of carbonyl (C=O) groups is 1. The van der Waals surface area contributed by atoms with Crippen molar-refractivity contribution in [3.63, 3.8) is 0 Å². The Balaban J connectivity index is 1.22. The number of hydrogen-bond acceptors (Lipinski definition) is 6. The first kappa shape index (κ1) is 29.2. The number of benzene rings is 2. The van der Waals surface area contributed by atoms with E-state index < -0.39 is 6.04 Å². The largest absolute Gasteiger partial charge is 0.360 e. The molecule has 4 aromatic rings. The first-order valence-corrected chi connectivity index (χ1v) is 14.5. The average molecular weight is 584 g/mol. The van der Waals surface area contributed by atoms with Gasteiger partial charge < -0.3 is 25.3 Å². The Hall–Kier alpha value is -4.27. The van der Waals surface area contributed by atoms with E-state index in [1.54, 1.807) is 48.1 Å². The van der Waals surface area contributed by atoms with Gasteiger partial charge in [0.05, 0.1) is 23.9 Å². The predicted molar refractivity (Wildman–Crippen MR) is 166 cm³/mol. The van der Waals surface area contributed by atoms with Crippen LogP contribution in [0.4, 0.5) is 5.69 Å². The minimum Gasteiger partial charge on any atom is -0.360 e. The smallest absolute Gasteiger partial charge is 0.253 e. The minimum atomic E-state index is -0.572. The molecule has 5 rings (SSSR count). The Morgan fingerprint density at radius 3 is 2.64 bits per heavy atom. The van der Waals surface area contributed by atoms with Crippen molar-refractivity contribution < 1.29 is 9.53 Å². The summed E-state index contributed by atoms with van der Waals surface area (Å²) in [5, 5.41) is 15.7. The molecule has 2 aromatic carbocycles. The highest BCUT2D eigenvalue weighted by molar-refractivity contribution is 6.31. The number of hydrogen-bond donors (Lipinski definition) is 3. The van der Waals surface area contributed by atoms with Gasteiger partial charge in [-0.1, -0.05) is 41.9 Å². The van der Waals surface area contributed by atoms with Crippen molar-refractivity contribution in [1.82, 2.24) is 14.9 Å². The van der Waals surface area contributed by atoms with Gasteiger partial charge >= 0.3 is 0 Å². The monoisotopic (exact) mass is 583 g/mol. The molecular formula is C33H34ClN5O3. The van der Waals surface area contributed by atoms with Gasteiger partial charge in [-0.25, -0.2) is 0 Å². The quantitative estimate of drug-likeness (QED) is 0.209. The Morgan fingerprint density at radius 1 is 1.07 bits per heavy atom. The van der Waals surface area contributed by atoms with Crippen LogP contribution < -0.4 is 16.2 Å². The maximum absolute atomic E-state index is 13.2. The van der Waals surface area contributed by atoms with Crippen LogP contribution in [0.3, 0.4) is 0 Å². The van der Waals surface area contributed by atoms with Gasteiger partial charge in [-0.05, 0) is 79.6 Å². The van der Waals surface area contributed by atoms with E-state index in [0.29, 0.717) is 35.7 Å². The lowest BCUT2D eigenvalue weighted by molar-refractivity contribution is 0.0343. The molecule has 9 heteroatoms. The molecule has 0 bridgehead atoms. The van der Waals surface area contributed by atoms with Crippen molar-refractivity contribution in [3.05, 3.63) is 129 Å². The van der Waals surface area contributed by atoms with Gasteiger partial charge in [0, 0.05) is 47.5 Å². The number of rotatable bonds is 10. The Labute approximate surface area is 250 Å². The summed E-state index contributed by atoms with van der Waals surface area (Å²) in [7, 11) is 0. The lowest BCUT2D eigenvalue weighted by atomic mass is 10.0. The van der Waals surface area contributed by atoms with Gasteiger partial charge in [0.1, 0.15) is 6.23 Å². The molecule has 1 aliphatic heterocycles. The minimum absolute atomic E-state index is 0.0362. The van der Waals surface area contributed by atoms with E-state index in [1.165, 1.54) is 6.20 Å². The lowest BCUT2D eigenvalue weighted by Crippen LogP contribution is -2.39. The molecule has 1 saturated heterocycles. The summed E-state index contributed by atoms with van der Waals surface area (Å²) in [5.74, 6) is -0.308. The summed E-state index contributed by atoms with van der Waals surface area (Å²) in [6, 6.07) is 19.8. The second-order valence-corrected chi connectivity index (χ2v) is 11.0. The number of halogens is 1. The Morgan fingerprint density at radius 2 is 1.88 bits per heavy atom. The third-order valence-electron chi connectivity index (χ3n) is 7.29. The van der Waals surface area contributed by atoms with E-state index in [1.807, 2.05) is 42.5 Å². The number of nitrogens with zero attached hydrogens (tertiary/aromatic N) is 2. The molecule has 0 radical (unpaired) electrons. The van der Waals surface area contributed by atoms with Crippen LogP contribution in [0.15, 0.2) is 90.1 Å². The fourth-order valence-electron chi connectivity index (χ4n) is 4.97. The summed E-state index contributed by atoms with van der Waals surface area (Å²) in [6.45, 7) is 3.00. The van der Waals surface area contributed by atoms with Crippen LogP contribution in [-0.2, 0) is 17.7 Å². The highest BCUT2D eigenvalue weighted by atomic mass is 35.5. The standard InChI is InChI=1S/C33H34ClN5O3/c1-22(32(35)28-18-27(34)12-13-29(28)38-30-6-3-5-15-42-30)37-33(41)26-17-25(19-36-20-26)16-23-8-10-24(11-9-23)21-39-14-4-2-7-31(39)40/h2,4,7-14,17-20,22,30,35,38H,3,5-6,15-16,21H2,1H3,(H,37,41). The number of amides is 1. The van der Waals surface area contributed by atoms with Crippen LogP contribution in [0, 0.1) is 5.41 Å². The van der Waals surface area contributed by atoms with Gasteiger partial charge in [-0.15, -0.1) is 0 Å². The maximum Gasteiger partial charge on any atom is 0.253 e. The van der Waals surface area contributed by atoms with Crippen molar-refractivity contribution in [3.8, 4) is 0 Å². The molecular weight excluding hydrogens is 550 g/mol. The topological polar surface area (TPSA) is 109 Å². The highest BCUT2D eigenvalue weighted by Crippen LogP contribution is 2.25. The lowest BCUT2D eigenvalue weighted by Gasteiger charge is -2.26. The molecule has 3 N–H and O–H groups in total. The molecule has 3 heterocycles. The van der Waals surface area contributed by atoms with E-state index in [2.05, 4.69) is 15.6 Å². The van der Waals surface area contributed by atoms with Gasteiger partial charge in [-0.3, -0.25) is 14.6 Å². The van der Waals surface area contributed by atoms with Gasteiger partial charge in [0.2, 0.25) is 0 Å². The van der Waals surface area contributed by atoms with Crippen LogP contribution >= 0.6 is 11.6 Å². The number of ether oxygens (including phenoxy) is 1. The Kier molecular flexibility index (Phi) is 9.46. The molecule has 2 unspecified atom stereocenters. The molecule has 1 fully saturated rings. The summed E-state index contributed by atoms with van der Waals surface area (Å²) in [4.78, 5) is 29.5. The van der Waals surface area contributed by atoms with Gasteiger partial charge in [-0.2, -0.15) is 0 Å². The second-order valence-electron chi connectivity index (χ2n) is 10.5. The summed E-state index contributed by atoms with van der Waals surface area (Å²) in [6.07, 6.45) is 8.56. The molecule has 42 heavy (non-hydrogen) atoms. The number of nitrogens with one attached hydrogen (secondary N) is 3. The van der Waals surface area contributed by atoms with E-state index in [4.69, 9.17) is 21.7 Å². The zero-order valence-corrected chi connectivity index (χ0v) is 24.2. The molecule has 8 nitrogen and oxygen atoms in total. The zero-order valence-electron chi connectivity index (χ0n) is 23.5. The highest BCUT2D eigenvalue weighted by Gasteiger charge is 2.21. The van der Waals surface area contributed by atoms with Crippen molar-refractivity contribution >= 4 is 28.9 Å². The van der Waals surface area contributed by atoms with E-state index in [9.17, 15) is 9.59 Å². The van der Waals surface area contributed by atoms with Crippen molar-refractivity contribution in [1.29, 1.82) is 5.41 Å². The van der Waals surface area contributed by atoms with Crippen molar-refractivity contribution in [2.75, 3.05) is 11.9 Å². The maximum atomic E-state index is 13.2. The fourth-order valence-corrected chi connectivity index (χ4v) is 5.15. The van der Waals surface area contributed by atoms with Crippen molar-refractivity contribution in [2.45, 2.75) is 51.4 Å². The molecule has 1 aliphatic rings. The fraction of sp³-hybridized carbons (Fsp3) is 0.273. The van der Waals surface area contributed by atoms with Gasteiger partial charge in [0.25, 0.3) is 11.5 Å². The van der Waals surface area contributed by atoms with Crippen LogP contribution in [-0.4, -0.2) is 40.0 Å². The molecule has 0 saturated carbocycles. The van der Waals surface area contributed by atoms with E-state index in [-0.39, 0.29) is 23.4 Å². The van der Waals surface area contributed by atoms with Crippen LogP contribution in [0.2, 0.25) is 5.02 Å². The molecule has 0 spiro atoms. The van der Waals surface area contributed by atoms with Crippen LogP contribution in [0.25, 0.3) is 0 Å². The van der Waals surface area contributed by atoms with Gasteiger partial charge in [0.15, 0.2) is 0 Å². The first-order valence-electron chi connectivity index (χ1n) is 14.1. The number of pyridine rings is 2. The number of aromatic nitrogens is 2. The van der Waals surface area contributed by atoms with E-state index >= 15 is 0 Å². The normalized spacial score (nSPS) is 15.5. The Bertz CT molecular complexity index is 1610. The predicted octanol–water partition coefficient (Wildman–Crippen LogP) is 5.66. The second kappa shape index (κ2) is 13.6. The molecule has 1 amide bonds. The third-order valence-corrected chi connectivity index (χ3v) is 7.52. The number of anilines is 1. The molecule has 2 aromatic heterocycles. The summed E-state index contributed by atoms with van der Waals surface area (Å²) < 4.78 is 7.48. The summed E-state index contributed by atoms with van der Waals surface area (Å²) >= 11 is 6.28. The zero-order chi connectivity index (χ0) is 29.5. The van der Waals surface area contributed by atoms with Crippen LogP contribution in [0.1, 0.15) is 58.8 Å². The molecule has 0 aliphatic carbocycles. The van der Waals surface area contributed by atoms with Crippen LogP contribution in [0.5, 0.6) is 0 Å². The first-order chi connectivity index (χ1) is 20.4. The SMILES string of the molecule is CC(NC(=O)c1cncc(Cc2ccc(Cn3ccccc3=O)cc2)c1)C(=N)c1cc(Cl)ccc1NC1CCCCO1. The average Bonchev–Trinajstić information content (AvgIpc) is 3.00.